The largest absolute Gasteiger partial charge is 0.496 e. The van der Waals surface area contributed by atoms with E-state index < -0.39 is 24.4 Å². The fourth-order valence-corrected chi connectivity index (χ4v) is 4.04. The molecular formula is C23H26N2O6. The molecule has 31 heavy (non-hydrogen) atoms. The number of hydrogen-bond acceptors (Lipinski definition) is 8. The molecule has 0 spiro atoms. The van der Waals surface area contributed by atoms with Gasteiger partial charge in [-0.2, -0.15) is 0 Å². The summed E-state index contributed by atoms with van der Waals surface area (Å²) < 4.78 is 17.0. The van der Waals surface area contributed by atoms with Crippen LogP contribution in [0.15, 0.2) is 40.8 Å². The van der Waals surface area contributed by atoms with E-state index in [9.17, 15) is 15.3 Å². The van der Waals surface area contributed by atoms with Crippen LogP contribution in [0.2, 0.25) is 0 Å². The highest BCUT2D eigenvalue weighted by molar-refractivity contribution is 5.75. The molecule has 4 atom stereocenters. The first-order valence-corrected chi connectivity index (χ1v) is 10.1. The number of aliphatic hydroxyl groups is 3. The highest BCUT2D eigenvalue weighted by Gasteiger charge is 2.38. The quantitative estimate of drug-likeness (QED) is 0.570. The first-order chi connectivity index (χ1) is 14.9. The number of benzene rings is 2. The lowest BCUT2D eigenvalue weighted by Gasteiger charge is -2.37. The molecule has 2 aromatic carbocycles. The normalized spacial score (nSPS) is 23.7. The van der Waals surface area contributed by atoms with E-state index >= 15 is 0 Å². The molecule has 0 aliphatic carbocycles. The predicted molar refractivity (Wildman–Crippen MR) is 113 cm³/mol. The Bertz CT molecular complexity index is 1070. The van der Waals surface area contributed by atoms with Crippen molar-refractivity contribution in [1.29, 1.82) is 0 Å². The van der Waals surface area contributed by atoms with Gasteiger partial charge >= 0.3 is 0 Å². The molecule has 0 radical (unpaired) electrons. The van der Waals surface area contributed by atoms with Gasteiger partial charge in [0, 0.05) is 13.3 Å². The lowest BCUT2D eigenvalue weighted by molar-refractivity contribution is -0.179. The third kappa shape index (κ3) is 4.07. The Morgan fingerprint density at radius 1 is 1.10 bits per heavy atom. The Labute approximate surface area is 180 Å². The minimum atomic E-state index is -1.07. The molecule has 1 aliphatic rings. The van der Waals surface area contributed by atoms with Gasteiger partial charge in [-0.05, 0) is 41.3 Å². The molecular weight excluding hydrogens is 400 g/mol. The monoisotopic (exact) mass is 426 g/mol. The van der Waals surface area contributed by atoms with Gasteiger partial charge in [-0.15, -0.1) is 10.2 Å². The second kappa shape index (κ2) is 8.76. The van der Waals surface area contributed by atoms with Crippen LogP contribution in [0.3, 0.4) is 0 Å². The van der Waals surface area contributed by atoms with Crippen molar-refractivity contribution in [3.8, 4) is 28.3 Å². The number of rotatable bonds is 5. The number of hydrogen-bond donors (Lipinski definition) is 3. The second-order valence-corrected chi connectivity index (χ2v) is 7.72. The van der Waals surface area contributed by atoms with E-state index in [4.69, 9.17) is 13.9 Å². The van der Waals surface area contributed by atoms with E-state index in [2.05, 4.69) is 10.2 Å². The number of ether oxygens (including phenoxy) is 2. The predicted octanol–water partition coefficient (Wildman–Crippen LogP) is 2.57. The molecule has 164 valence electrons. The fraction of sp³-hybridized carbons (Fsp3) is 0.391. The molecule has 1 aliphatic heterocycles. The smallest absolute Gasteiger partial charge is 0.251 e. The molecule has 0 bridgehead atoms. The fourth-order valence-electron chi connectivity index (χ4n) is 4.04. The zero-order valence-corrected chi connectivity index (χ0v) is 17.6. The second-order valence-electron chi connectivity index (χ2n) is 7.72. The van der Waals surface area contributed by atoms with Crippen molar-refractivity contribution in [2.24, 2.45) is 0 Å². The van der Waals surface area contributed by atoms with Crippen molar-refractivity contribution in [2.75, 3.05) is 13.7 Å². The van der Waals surface area contributed by atoms with Crippen LogP contribution < -0.4 is 4.74 Å². The summed E-state index contributed by atoms with van der Waals surface area (Å²) in [4.78, 5) is 0. The molecule has 3 N–H and O–H groups in total. The third-order valence-corrected chi connectivity index (χ3v) is 5.70. The highest BCUT2D eigenvalue weighted by Crippen LogP contribution is 2.39. The van der Waals surface area contributed by atoms with Gasteiger partial charge in [0.1, 0.15) is 18.0 Å². The van der Waals surface area contributed by atoms with Crippen LogP contribution in [0.4, 0.5) is 0 Å². The summed E-state index contributed by atoms with van der Waals surface area (Å²) in [6.45, 7) is 3.45. The maximum absolute atomic E-state index is 10.5. The van der Waals surface area contributed by atoms with Crippen LogP contribution in [0, 0.1) is 13.8 Å². The van der Waals surface area contributed by atoms with Crippen LogP contribution in [0.25, 0.3) is 22.6 Å². The maximum Gasteiger partial charge on any atom is 0.251 e. The van der Waals surface area contributed by atoms with E-state index in [1.807, 2.05) is 43.3 Å². The summed E-state index contributed by atoms with van der Waals surface area (Å²) in [6.07, 6.45) is -3.10. The van der Waals surface area contributed by atoms with Crippen molar-refractivity contribution in [3.05, 3.63) is 53.4 Å². The van der Waals surface area contributed by atoms with Crippen molar-refractivity contribution in [1.82, 2.24) is 10.2 Å². The standard InChI is InChI=1S/C23H26N2O6/c1-12-16(5-4-6-17(12)22-21(28)19(27)10-15(11-26)31-22)14-7-8-18(20(9-14)29-3)23-25-24-13(2)30-23/h4-9,15,19,21-22,26-28H,10-11H2,1-3H3/t15-,19-,21-,22+/m0/s1. The van der Waals surface area contributed by atoms with Gasteiger partial charge in [0.05, 0.1) is 31.5 Å². The summed E-state index contributed by atoms with van der Waals surface area (Å²) in [5.74, 6) is 1.45. The average molecular weight is 426 g/mol. The lowest BCUT2D eigenvalue weighted by Crippen LogP contribution is -2.44. The van der Waals surface area contributed by atoms with Crippen LogP contribution >= 0.6 is 0 Å². The molecule has 0 saturated carbocycles. The Hall–Kier alpha value is -2.78. The van der Waals surface area contributed by atoms with Crippen LogP contribution in [-0.2, 0) is 4.74 Å². The number of aromatic nitrogens is 2. The molecule has 3 aromatic rings. The number of nitrogens with zero attached hydrogens (tertiary/aromatic N) is 2. The topological polar surface area (TPSA) is 118 Å². The summed E-state index contributed by atoms with van der Waals surface area (Å²) in [5.41, 5.74) is 4.19. The Morgan fingerprint density at radius 3 is 2.58 bits per heavy atom. The van der Waals surface area contributed by atoms with Crippen molar-refractivity contribution < 1.29 is 29.2 Å². The van der Waals surface area contributed by atoms with Gasteiger partial charge in [-0.25, -0.2) is 0 Å². The van der Waals surface area contributed by atoms with Crippen LogP contribution in [0.5, 0.6) is 5.75 Å². The Morgan fingerprint density at radius 2 is 1.90 bits per heavy atom. The molecule has 8 heteroatoms. The molecule has 1 saturated heterocycles. The Kier molecular flexibility index (Phi) is 6.06. The molecule has 1 aromatic heterocycles. The Balaban J connectivity index is 1.73. The molecule has 2 heterocycles. The van der Waals surface area contributed by atoms with E-state index in [1.165, 1.54) is 0 Å². The van der Waals surface area contributed by atoms with Gasteiger partial charge in [0.15, 0.2) is 0 Å². The summed E-state index contributed by atoms with van der Waals surface area (Å²) in [5, 5.41) is 38.2. The number of aliphatic hydroxyl groups excluding tert-OH is 3. The average Bonchev–Trinajstić information content (AvgIpc) is 3.21. The van der Waals surface area contributed by atoms with Crippen LogP contribution in [-0.4, -0.2) is 57.5 Å². The van der Waals surface area contributed by atoms with Crippen LogP contribution in [0.1, 0.15) is 29.5 Å². The first-order valence-electron chi connectivity index (χ1n) is 10.1. The molecule has 0 amide bonds. The van der Waals surface area contributed by atoms with E-state index in [1.54, 1.807) is 14.0 Å². The minimum absolute atomic E-state index is 0.195. The lowest BCUT2D eigenvalue weighted by atomic mass is 9.88. The zero-order chi connectivity index (χ0) is 22.1. The summed E-state index contributed by atoms with van der Waals surface area (Å²) in [7, 11) is 1.58. The first kappa shape index (κ1) is 21.5. The van der Waals surface area contributed by atoms with E-state index in [-0.39, 0.29) is 13.0 Å². The van der Waals surface area contributed by atoms with Gasteiger partial charge in [-0.1, -0.05) is 24.3 Å². The molecule has 8 nitrogen and oxygen atoms in total. The van der Waals surface area contributed by atoms with Gasteiger partial charge in [-0.3, -0.25) is 0 Å². The molecule has 0 unspecified atom stereocenters. The highest BCUT2D eigenvalue weighted by atomic mass is 16.5. The van der Waals surface area contributed by atoms with Gasteiger partial charge in [0.2, 0.25) is 5.89 Å². The van der Waals surface area contributed by atoms with Crippen molar-refractivity contribution >= 4 is 0 Å². The minimum Gasteiger partial charge on any atom is -0.496 e. The van der Waals surface area contributed by atoms with E-state index in [0.717, 1.165) is 22.3 Å². The molecule has 4 rings (SSSR count). The number of aryl methyl sites for hydroxylation is 1. The number of methoxy groups -OCH3 is 1. The third-order valence-electron chi connectivity index (χ3n) is 5.70. The van der Waals surface area contributed by atoms with Gasteiger partial charge < -0.3 is 29.2 Å². The van der Waals surface area contributed by atoms with E-state index in [0.29, 0.717) is 23.1 Å². The van der Waals surface area contributed by atoms with Crippen molar-refractivity contribution in [3.63, 3.8) is 0 Å². The maximum atomic E-state index is 10.5. The SMILES string of the molecule is COc1cc(-c2cccc([C@H]3O[C@H](CO)C[C@H](O)[C@@H]3O)c2C)ccc1-c1nnc(C)o1. The van der Waals surface area contributed by atoms with Gasteiger partial charge in [0.25, 0.3) is 5.89 Å². The molecule has 1 fully saturated rings. The van der Waals surface area contributed by atoms with Crippen molar-refractivity contribution in [2.45, 2.75) is 44.7 Å². The summed E-state index contributed by atoms with van der Waals surface area (Å²) >= 11 is 0. The summed E-state index contributed by atoms with van der Waals surface area (Å²) in [6, 6.07) is 11.4. The zero-order valence-electron chi connectivity index (χ0n) is 17.6.